The summed E-state index contributed by atoms with van der Waals surface area (Å²) in [4.78, 5) is 2.12. The number of ether oxygens (including phenoxy) is 1. The third-order valence-corrected chi connectivity index (χ3v) is 6.52. The number of aromatic hydroxyl groups is 3. The van der Waals surface area contributed by atoms with Crippen molar-refractivity contribution in [3.63, 3.8) is 0 Å². The molecule has 0 saturated heterocycles. The first kappa shape index (κ1) is 23.1. The lowest BCUT2D eigenvalue weighted by Crippen LogP contribution is -2.13. The molecule has 0 unspecified atom stereocenters. The highest BCUT2D eigenvalue weighted by atomic mass is 16.5. The summed E-state index contributed by atoms with van der Waals surface area (Å²) in [7, 11) is 0. The largest absolute Gasteiger partial charge is 0.508 e. The van der Waals surface area contributed by atoms with Crippen molar-refractivity contribution in [2.75, 3.05) is 4.90 Å². The topological polar surface area (TPSA) is 73.2 Å². The first-order valence-electron chi connectivity index (χ1n) is 11.1. The molecule has 0 fully saturated rings. The zero-order valence-electron chi connectivity index (χ0n) is 20.0. The molecule has 34 heavy (non-hydrogen) atoms. The normalized spacial score (nSPS) is 10.9. The van der Waals surface area contributed by atoms with Gasteiger partial charge in [-0.1, -0.05) is 6.07 Å². The maximum Gasteiger partial charge on any atom is 0.134 e. The molecular weight excluding hydrogens is 426 g/mol. The Hall–Kier alpha value is -4.12. The minimum Gasteiger partial charge on any atom is -0.508 e. The van der Waals surface area contributed by atoms with Crippen LogP contribution < -0.4 is 9.64 Å². The molecule has 4 aromatic carbocycles. The molecular formula is C29H29NO4. The van der Waals surface area contributed by atoms with Gasteiger partial charge in [-0.15, -0.1) is 0 Å². The smallest absolute Gasteiger partial charge is 0.134 e. The van der Waals surface area contributed by atoms with E-state index in [1.165, 1.54) is 0 Å². The fourth-order valence-corrected chi connectivity index (χ4v) is 3.98. The van der Waals surface area contributed by atoms with Crippen molar-refractivity contribution < 1.29 is 20.1 Å². The van der Waals surface area contributed by atoms with Crippen LogP contribution in [0.3, 0.4) is 0 Å². The van der Waals surface area contributed by atoms with Gasteiger partial charge in [-0.05, 0) is 118 Å². The molecule has 0 aromatic heterocycles. The number of hydrogen-bond donors (Lipinski definition) is 3. The van der Waals surface area contributed by atoms with Crippen LogP contribution in [0.25, 0.3) is 0 Å². The Labute approximate surface area is 200 Å². The quantitative estimate of drug-likeness (QED) is 0.289. The van der Waals surface area contributed by atoms with Gasteiger partial charge in [-0.2, -0.15) is 0 Å². The van der Waals surface area contributed by atoms with E-state index in [0.29, 0.717) is 17.1 Å². The van der Waals surface area contributed by atoms with E-state index in [1.54, 1.807) is 24.3 Å². The van der Waals surface area contributed by atoms with Gasteiger partial charge in [0.05, 0.1) is 0 Å². The summed E-state index contributed by atoms with van der Waals surface area (Å²) >= 11 is 0. The van der Waals surface area contributed by atoms with E-state index < -0.39 is 0 Å². The van der Waals surface area contributed by atoms with Crippen LogP contribution >= 0.6 is 0 Å². The van der Waals surface area contributed by atoms with Gasteiger partial charge in [-0.25, -0.2) is 0 Å². The van der Waals surface area contributed by atoms with Crippen LogP contribution in [0.1, 0.15) is 27.8 Å². The Balaban J connectivity index is 1.81. The highest BCUT2D eigenvalue weighted by Crippen LogP contribution is 2.43. The summed E-state index contributed by atoms with van der Waals surface area (Å²) in [6.07, 6.45) is 0. The zero-order valence-corrected chi connectivity index (χ0v) is 20.0. The van der Waals surface area contributed by atoms with Gasteiger partial charge >= 0.3 is 0 Å². The third-order valence-electron chi connectivity index (χ3n) is 6.52. The third kappa shape index (κ3) is 4.13. The van der Waals surface area contributed by atoms with Gasteiger partial charge in [-0.3, -0.25) is 0 Å². The molecule has 0 aliphatic heterocycles. The van der Waals surface area contributed by atoms with Crippen molar-refractivity contribution in [3.8, 4) is 28.7 Å². The van der Waals surface area contributed by atoms with Crippen LogP contribution in [-0.2, 0) is 0 Å². The van der Waals surface area contributed by atoms with Crippen molar-refractivity contribution in [1.82, 2.24) is 0 Å². The Morgan fingerprint density at radius 3 is 1.56 bits per heavy atom. The van der Waals surface area contributed by atoms with E-state index >= 15 is 0 Å². The highest BCUT2D eigenvalue weighted by Gasteiger charge is 2.20. The molecule has 3 N–H and O–H groups in total. The van der Waals surface area contributed by atoms with Gasteiger partial charge in [0.25, 0.3) is 0 Å². The van der Waals surface area contributed by atoms with Crippen molar-refractivity contribution in [2.24, 2.45) is 0 Å². The zero-order chi connectivity index (χ0) is 24.6. The fraction of sp³-hybridized carbons (Fsp3) is 0.172. The molecule has 0 atom stereocenters. The molecule has 0 bridgehead atoms. The predicted octanol–water partition coefficient (Wildman–Crippen LogP) is 7.61. The Morgan fingerprint density at radius 1 is 0.529 bits per heavy atom. The fourth-order valence-electron chi connectivity index (χ4n) is 3.98. The summed E-state index contributed by atoms with van der Waals surface area (Å²) in [6, 6.07) is 20.1. The van der Waals surface area contributed by atoms with Gasteiger partial charge in [0, 0.05) is 22.6 Å². The van der Waals surface area contributed by atoms with Gasteiger partial charge in [0.1, 0.15) is 28.7 Å². The second kappa shape index (κ2) is 9.02. The molecule has 0 aliphatic rings. The maximum atomic E-state index is 10.2. The highest BCUT2D eigenvalue weighted by molar-refractivity contribution is 5.82. The SMILES string of the molecule is Cc1c(O)cccc1Oc1ccc(N(c2ccc(O)c(C)c2C)c2ccc(O)c(C)c2C)cc1. The first-order chi connectivity index (χ1) is 16.2. The predicted molar refractivity (Wildman–Crippen MR) is 136 cm³/mol. The van der Waals surface area contributed by atoms with E-state index in [0.717, 1.165) is 39.3 Å². The number of phenolic OH excluding ortho intramolecular Hbond substituents is 3. The number of nitrogens with zero attached hydrogens (tertiary/aromatic N) is 1. The molecule has 174 valence electrons. The van der Waals surface area contributed by atoms with E-state index in [9.17, 15) is 15.3 Å². The number of anilines is 3. The number of rotatable bonds is 5. The lowest BCUT2D eigenvalue weighted by Gasteiger charge is -2.30. The number of hydrogen-bond acceptors (Lipinski definition) is 5. The Kier molecular flexibility index (Phi) is 6.12. The van der Waals surface area contributed by atoms with Crippen LogP contribution in [0.5, 0.6) is 28.7 Å². The van der Waals surface area contributed by atoms with Crippen LogP contribution in [0, 0.1) is 34.6 Å². The molecule has 0 heterocycles. The van der Waals surface area contributed by atoms with Crippen molar-refractivity contribution in [3.05, 3.63) is 94.5 Å². The monoisotopic (exact) mass is 455 g/mol. The molecule has 4 aromatic rings. The van der Waals surface area contributed by atoms with Crippen LogP contribution in [0.2, 0.25) is 0 Å². The van der Waals surface area contributed by atoms with Gasteiger partial charge in [0.15, 0.2) is 0 Å². The molecule has 5 nitrogen and oxygen atoms in total. The van der Waals surface area contributed by atoms with E-state index in [2.05, 4.69) is 4.90 Å². The molecule has 0 saturated carbocycles. The molecule has 5 heteroatoms. The molecule has 4 rings (SSSR count). The van der Waals surface area contributed by atoms with Crippen molar-refractivity contribution in [2.45, 2.75) is 34.6 Å². The molecule has 0 amide bonds. The Bertz CT molecular complexity index is 1300. The average molecular weight is 456 g/mol. The lowest BCUT2D eigenvalue weighted by atomic mass is 10.0. The van der Waals surface area contributed by atoms with Gasteiger partial charge in [0.2, 0.25) is 0 Å². The van der Waals surface area contributed by atoms with Crippen LogP contribution in [0.4, 0.5) is 17.1 Å². The molecule has 0 spiro atoms. The van der Waals surface area contributed by atoms with Crippen LogP contribution in [0.15, 0.2) is 66.7 Å². The van der Waals surface area contributed by atoms with E-state index in [4.69, 9.17) is 4.74 Å². The number of benzene rings is 4. The molecule has 0 aliphatic carbocycles. The van der Waals surface area contributed by atoms with Crippen LogP contribution in [-0.4, -0.2) is 15.3 Å². The maximum absolute atomic E-state index is 10.2. The lowest BCUT2D eigenvalue weighted by molar-refractivity contribution is 0.448. The van der Waals surface area contributed by atoms with E-state index in [1.807, 2.05) is 77.1 Å². The summed E-state index contributed by atoms with van der Waals surface area (Å²) in [5.41, 5.74) is 6.99. The summed E-state index contributed by atoms with van der Waals surface area (Å²) in [6.45, 7) is 9.59. The summed E-state index contributed by atoms with van der Waals surface area (Å²) in [5.74, 6) is 1.95. The number of phenols is 3. The Morgan fingerprint density at radius 2 is 1.03 bits per heavy atom. The molecule has 0 radical (unpaired) electrons. The van der Waals surface area contributed by atoms with Crippen molar-refractivity contribution in [1.29, 1.82) is 0 Å². The first-order valence-corrected chi connectivity index (χ1v) is 11.1. The van der Waals surface area contributed by atoms with E-state index in [-0.39, 0.29) is 17.2 Å². The van der Waals surface area contributed by atoms with Gasteiger partial charge < -0.3 is 25.0 Å². The van der Waals surface area contributed by atoms with Crippen molar-refractivity contribution >= 4 is 17.1 Å². The second-order valence-corrected chi connectivity index (χ2v) is 8.54. The average Bonchev–Trinajstić information content (AvgIpc) is 2.83. The summed E-state index contributed by atoms with van der Waals surface area (Å²) in [5, 5.41) is 30.4. The second-order valence-electron chi connectivity index (χ2n) is 8.54. The standard InChI is InChI=1S/C29H29NO4/c1-17-19(3)27(32)15-13-24(17)30(25-14-16-28(33)20(4)18(25)2)22-9-11-23(12-10-22)34-29-8-6-7-26(31)21(29)5/h6-16,31-33H,1-5H3. The minimum absolute atomic E-state index is 0.191. The summed E-state index contributed by atoms with van der Waals surface area (Å²) < 4.78 is 6.01. The minimum atomic E-state index is 0.191.